The van der Waals surface area contributed by atoms with Gasteiger partial charge in [-0.25, -0.2) is 18.7 Å². The van der Waals surface area contributed by atoms with E-state index in [1.807, 2.05) is 43.3 Å². The molecule has 4 aromatic rings. The van der Waals surface area contributed by atoms with Crippen molar-refractivity contribution in [2.45, 2.75) is 26.1 Å². The van der Waals surface area contributed by atoms with Crippen molar-refractivity contribution in [3.8, 4) is 11.1 Å². The molecule has 2 amide bonds. The van der Waals surface area contributed by atoms with Crippen LogP contribution in [0.4, 0.5) is 14.7 Å². The Hall–Kier alpha value is -4.44. The van der Waals surface area contributed by atoms with Gasteiger partial charge in [0.15, 0.2) is 11.6 Å². The number of carbonyl (C=O) groups is 2. The number of nitrogens with two attached hydrogens (primary N) is 1. The number of carbonyl (C=O) groups excluding carboxylic acids is 2. The molecule has 10 heteroatoms. The molecule has 0 atom stereocenters. The van der Waals surface area contributed by atoms with Crippen LogP contribution in [-0.2, 0) is 24.4 Å². The summed E-state index contributed by atoms with van der Waals surface area (Å²) >= 11 is 0. The molecule has 0 unspecified atom stereocenters. The number of nitrogens with one attached hydrogen (secondary N) is 1. The maximum absolute atomic E-state index is 14.4. The zero-order chi connectivity index (χ0) is 27.7. The van der Waals surface area contributed by atoms with E-state index in [-0.39, 0.29) is 36.4 Å². The molecule has 0 fully saturated rings. The number of aromatic nitrogens is 2. The number of halogens is 2. The Kier molecular flexibility index (Phi) is 7.21. The largest absolute Gasteiger partial charge is 0.368 e. The molecule has 3 N–H and O–H groups in total. The van der Waals surface area contributed by atoms with E-state index < -0.39 is 11.6 Å². The summed E-state index contributed by atoms with van der Waals surface area (Å²) in [5.41, 5.74) is 9.95. The van der Waals surface area contributed by atoms with Crippen LogP contribution in [0.1, 0.15) is 33.6 Å². The van der Waals surface area contributed by atoms with E-state index in [4.69, 9.17) is 5.73 Å². The maximum atomic E-state index is 14.4. The zero-order valence-electron chi connectivity index (χ0n) is 21.7. The monoisotopic (exact) mass is 530 g/mol. The van der Waals surface area contributed by atoms with Crippen molar-refractivity contribution in [2.75, 3.05) is 26.4 Å². The first-order valence-electron chi connectivity index (χ1n) is 12.5. The van der Waals surface area contributed by atoms with Gasteiger partial charge in [0.25, 0.3) is 5.91 Å². The summed E-state index contributed by atoms with van der Waals surface area (Å²) in [5.74, 6) is -2.59. The van der Waals surface area contributed by atoms with Crippen LogP contribution in [0.5, 0.6) is 0 Å². The molecule has 0 radical (unpaired) electrons. The van der Waals surface area contributed by atoms with E-state index in [0.29, 0.717) is 47.2 Å². The molecule has 8 nitrogen and oxygen atoms in total. The summed E-state index contributed by atoms with van der Waals surface area (Å²) in [4.78, 5) is 38.0. The summed E-state index contributed by atoms with van der Waals surface area (Å²) in [6, 6.07) is 15.0. The Labute approximate surface area is 224 Å². The Bertz CT molecular complexity index is 1570. The number of hydrogen-bond acceptors (Lipinski definition) is 6. The number of nitrogens with zero attached hydrogens (tertiary/aromatic N) is 4. The van der Waals surface area contributed by atoms with Gasteiger partial charge in [-0.2, -0.15) is 0 Å². The zero-order valence-corrected chi connectivity index (χ0v) is 21.7. The Balaban J connectivity index is 1.50. The highest BCUT2D eigenvalue weighted by atomic mass is 19.2. The first-order chi connectivity index (χ1) is 18.7. The third-order valence-corrected chi connectivity index (χ3v) is 6.76. The van der Waals surface area contributed by atoms with Crippen LogP contribution < -0.4 is 11.1 Å². The first kappa shape index (κ1) is 26.2. The van der Waals surface area contributed by atoms with E-state index >= 15 is 0 Å². The predicted molar refractivity (Wildman–Crippen MR) is 144 cm³/mol. The van der Waals surface area contributed by atoms with Gasteiger partial charge in [-0.05, 0) is 66.2 Å². The molecule has 0 aliphatic carbocycles. The number of rotatable bonds is 7. The minimum Gasteiger partial charge on any atom is -0.368 e. The predicted octanol–water partition coefficient (Wildman–Crippen LogP) is 3.88. The molecule has 39 heavy (non-hydrogen) atoms. The van der Waals surface area contributed by atoms with Gasteiger partial charge < -0.3 is 20.9 Å². The minimum absolute atomic E-state index is 0.00684. The minimum atomic E-state index is -1.02. The van der Waals surface area contributed by atoms with Gasteiger partial charge in [-0.15, -0.1) is 0 Å². The third-order valence-electron chi connectivity index (χ3n) is 6.76. The van der Waals surface area contributed by atoms with Crippen LogP contribution in [0.15, 0.2) is 54.6 Å². The van der Waals surface area contributed by atoms with Crippen LogP contribution in [0.3, 0.4) is 0 Å². The van der Waals surface area contributed by atoms with Gasteiger partial charge in [0, 0.05) is 38.0 Å². The van der Waals surface area contributed by atoms with Crippen LogP contribution in [0.25, 0.3) is 22.0 Å². The fourth-order valence-corrected chi connectivity index (χ4v) is 4.71. The van der Waals surface area contributed by atoms with E-state index in [2.05, 4.69) is 15.3 Å². The number of amides is 2. The molecule has 0 saturated heterocycles. The molecular formula is C29H28F2N6O2. The highest BCUT2D eigenvalue weighted by Crippen LogP contribution is 2.31. The number of nitrogen functional groups attached to an aromatic ring is 1. The average Bonchev–Trinajstić information content (AvgIpc) is 3.35. The molecule has 0 bridgehead atoms. The van der Waals surface area contributed by atoms with Gasteiger partial charge in [0.05, 0.1) is 5.52 Å². The number of hydrogen-bond donors (Lipinski definition) is 2. The smallest absolute Gasteiger partial charge is 0.273 e. The Morgan fingerprint density at radius 3 is 2.38 bits per heavy atom. The molecule has 2 heterocycles. The van der Waals surface area contributed by atoms with Crippen LogP contribution in [-0.4, -0.2) is 52.2 Å². The van der Waals surface area contributed by atoms with Crippen molar-refractivity contribution in [1.29, 1.82) is 0 Å². The lowest BCUT2D eigenvalue weighted by Crippen LogP contribution is -2.27. The third kappa shape index (κ3) is 5.56. The van der Waals surface area contributed by atoms with Crippen molar-refractivity contribution < 1.29 is 18.4 Å². The van der Waals surface area contributed by atoms with Gasteiger partial charge in [-0.1, -0.05) is 30.3 Å². The highest BCUT2D eigenvalue weighted by Gasteiger charge is 2.27. The number of fused-ring (bicyclic) bond motifs is 2. The van der Waals surface area contributed by atoms with E-state index in [1.165, 1.54) is 0 Å². The van der Waals surface area contributed by atoms with Gasteiger partial charge in [0.2, 0.25) is 11.9 Å². The second-order valence-electron chi connectivity index (χ2n) is 9.85. The molecule has 5 rings (SSSR count). The fourth-order valence-electron chi connectivity index (χ4n) is 4.71. The number of benzene rings is 3. The SMILES string of the molecule is CN(C)CCC(=O)NCc1cc(F)c(F)cc1-c1ccc2nc(N)nc(C(=O)N3Cc4ccccc4C3)c2c1. The van der Waals surface area contributed by atoms with Crippen LogP contribution in [0.2, 0.25) is 0 Å². The summed E-state index contributed by atoms with van der Waals surface area (Å²) < 4.78 is 28.6. The maximum Gasteiger partial charge on any atom is 0.273 e. The van der Waals surface area contributed by atoms with Crippen LogP contribution >= 0.6 is 0 Å². The summed E-state index contributed by atoms with van der Waals surface area (Å²) in [5, 5.41) is 3.21. The lowest BCUT2D eigenvalue weighted by molar-refractivity contribution is -0.121. The van der Waals surface area contributed by atoms with Gasteiger partial charge in [0.1, 0.15) is 5.69 Å². The van der Waals surface area contributed by atoms with E-state index in [0.717, 1.165) is 23.3 Å². The normalized spacial score (nSPS) is 12.7. The molecular weight excluding hydrogens is 502 g/mol. The average molecular weight is 531 g/mol. The fraction of sp³-hybridized carbons (Fsp3) is 0.241. The summed E-state index contributed by atoms with van der Waals surface area (Å²) in [6.07, 6.45) is 0.270. The lowest BCUT2D eigenvalue weighted by Gasteiger charge is -2.17. The first-order valence-corrected chi connectivity index (χ1v) is 12.5. The van der Waals surface area contributed by atoms with E-state index in [1.54, 1.807) is 23.1 Å². The molecule has 1 aliphatic heterocycles. The molecule has 200 valence electrons. The lowest BCUT2D eigenvalue weighted by atomic mass is 9.97. The summed E-state index contributed by atoms with van der Waals surface area (Å²) in [7, 11) is 3.72. The van der Waals surface area contributed by atoms with Gasteiger partial charge >= 0.3 is 0 Å². The molecule has 1 aromatic heterocycles. The van der Waals surface area contributed by atoms with Crippen LogP contribution in [0, 0.1) is 11.6 Å². The second-order valence-corrected chi connectivity index (χ2v) is 9.85. The van der Waals surface area contributed by atoms with E-state index in [9.17, 15) is 18.4 Å². The molecule has 1 aliphatic rings. The van der Waals surface area contributed by atoms with Gasteiger partial charge in [-0.3, -0.25) is 9.59 Å². The van der Waals surface area contributed by atoms with Crippen molar-refractivity contribution >= 4 is 28.7 Å². The molecule has 0 spiro atoms. The Morgan fingerprint density at radius 1 is 1.00 bits per heavy atom. The van der Waals surface area contributed by atoms with Crippen molar-refractivity contribution in [3.05, 3.63) is 88.6 Å². The molecule has 3 aromatic carbocycles. The number of anilines is 1. The topological polar surface area (TPSA) is 104 Å². The highest BCUT2D eigenvalue weighted by molar-refractivity contribution is 6.06. The van der Waals surface area contributed by atoms with Crippen molar-refractivity contribution in [1.82, 2.24) is 25.1 Å². The van der Waals surface area contributed by atoms with Crippen molar-refractivity contribution in [2.24, 2.45) is 0 Å². The standard InChI is InChI=1S/C29H28F2N6O2/c1-36(2)10-9-26(38)33-14-20-12-23(30)24(31)13-21(20)17-7-8-25-22(11-17)27(35-29(32)34-25)28(39)37-15-18-5-3-4-6-19(18)16-37/h3-8,11-13H,9-10,14-16H2,1-2H3,(H,33,38)(H2,32,34,35). The second kappa shape index (κ2) is 10.7. The quantitative estimate of drug-likeness (QED) is 0.376. The van der Waals surface area contributed by atoms with Crippen molar-refractivity contribution in [3.63, 3.8) is 0 Å². The molecule has 0 saturated carbocycles. The Morgan fingerprint density at radius 2 is 1.69 bits per heavy atom. The summed E-state index contributed by atoms with van der Waals surface area (Å²) in [6.45, 7) is 1.46.